The van der Waals surface area contributed by atoms with Crippen LogP contribution in [0, 0.1) is 10.1 Å². The first-order chi connectivity index (χ1) is 14.0. The zero-order valence-corrected chi connectivity index (χ0v) is 16.3. The lowest BCUT2D eigenvalue weighted by Gasteiger charge is -2.35. The Balaban J connectivity index is 1.51. The Morgan fingerprint density at radius 2 is 1.83 bits per heavy atom. The van der Waals surface area contributed by atoms with Gasteiger partial charge < -0.3 is 9.32 Å². The van der Waals surface area contributed by atoms with Crippen molar-refractivity contribution < 1.29 is 9.34 Å². The van der Waals surface area contributed by atoms with E-state index in [2.05, 4.69) is 22.8 Å². The molecular weight excluding hydrogens is 370 g/mol. The first kappa shape index (κ1) is 19.1. The lowest BCUT2D eigenvalue weighted by atomic mass is 10.1. The van der Waals surface area contributed by atoms with E-state index in [1.54, 1.807) is 24.3 Å². The van der Waals surface area contributed by atoms with E-state index >= 15 is 0 Å². The molecule has 29 heavy (non-hydrogen) atoms. The Morgan fingerprint density at radius 1 is 1.07 bits per heavy atom. The molecule has 4 rings (SSSR count). The van der Waals surface area contributed by atoms with Gasteiger partial charge in [0.25, 0.3) is 5.69 Å². The third-order valence-electron chi connectivity index (χ3n) is 5.49. The minimum Gasteiger partial charge on any atom is -0.423 e. The number of hydrogen-bond acceptors (Lipinski definition) is 6. The molecule has 1 aliphatic rings. The highest BCUT2D eigenvalue weighted by Crippen LogP contribution is 2.29. The third kappa shape index (κ3) is 4.00. The summed E-state index contributed by atoms with van der Waals surface area (Å²) in [6.45, 7) is 5.65. The average Bonchev–Trinajstić information content (AvgIpc) is 2.73. The topological polar surface area (TPSA) is 79.8 Å². The van der Waals surface area contributed by atoms with Gasteiger partial charge >= 0.3 is 5.63 Å². The van der Waals surface area contributed by atoms with Crippen LogP contribution in [0.25, 0.3) is 11.0 Å². The van der Waals surface area contributed by atoms with Gasteiger partial charge in [-0.3, -0.25) is 15.0 Å². The van der Waals surface area contributed by atoms with Gasteiger partial charge in [0.1, 0.15) is 11.3 Å². The van der Waals surface area contributed by atoms with E-state index in [-0.39, 0.29) is 16.2 Å². The number of piperazine rings is 1. The fraction of sp³-hybridized carbons (Fsp3) is 0.318. The third-order valence-corrected chi connectivity index (χ3v) is 5.49. The molecule has 1 aromatic heterocycles. The summed E-state index contributed by atoms with van der Waals surface area (Å²) in [7, 11) is 0. The second-order valence-electron chi connectivity index (χ2n) is 7.28. The van der Waals surface area contributed by atoms with E-state index in [4.69, 9.17) is 4.42 Å². The number of anilines is 1. The molecule has 7 nitrogen and oxygen atoms in total. The number of nitro groups is 1. The molecule has 0 radical (unpaired) electrons. The van der Waals surface area contributed by atoms with Gasteiger partial charge in [-0.2, -0.15) is 0 Å². The molecule has 2 aromatic carbocycles. The fourth-order valence-electron chi connectivity index (χ4n) is 3.90. The fourth-order valence-corrected chi connectivity index (χ4v) is 3.90. The molecule has 0 N–H and O–H groups in total. The zero-order valence-electron chi connectivity index (χ0n) is 16.3. The van der Waals surface area contributed by atoms with Gasteiger partial charge in [-0.25, -0.2) is 4.79 Å². The smallest absolute Gasteiger partial charge is 0.336 e. The molecule has 0 aliphatic carbocycles. The summed E-state index contributed by atoms with van der Waals surface area (Å²) in [6.07, 6.45) is 0.886. The van der Waals surface area contributed by atoms with Crippen LogP contribution in [0.5, 0.6) is 0 Å². The average molecular weight is 393 g/mol. The first-order valence-electron chi connectivity index (χ1n) is 9.81. The molecular formula is C22H23N3O4. The highest BCUT2D eigenvalue weighted by atomic mass is 16.6. The van der Waals surface area contributed by atoms with Crippen LogP contribution >= 0.6 is 0 Å². The van der Waals surface area contributed by atoms with Crippen molar-refractivity contribution in [1.82, 2.24) is 4.90 Å². The summed E-state index contributed by atoms with van der Waals surface area (Å²) in [5.74, 6) is 0. The minimum absolute atomic E-state index is 0.138. The van der Waals surface area contributed by atoms with Crippen molar-refractivity contribution in [2.24, 2.45) is 0 Å². The van der Waals surface area contributed by atoms with Crippen LogP contribution in [-0.4, -0.2) is 36.0 Å². The summed E-state index contributed by atoms with van der Waals surface area (Å²) in [6, 6.07) is 14.5. The van der Waals surface area contributed by atoms with E-state index in [9.17, 15) is 14.9 Å². The minimum atomic E-state index is -0.334. The Hall–Kier alpha value is -3.19. The number of benzene rings is 2. The summed E-state index contributed by atoms with van der Waals surface area (Å²) < 4.78 is 5.40. The van der Waals surface area contributed by atoms with Crippen LogP contribution in [0.3, 0.4) is 0 Å². The van der Waals surface area contributed by atoms with Gasteiger partial charge in [0.15, 0.2) is 0 Å². The number of nitrogens with zero attached hydrogens (tertiary/aromatic N) is 3. The second-order valence-corrected chi connectivity index (χ2v) is 7.28. The van der Waals surface area contributed by atoms with E-state index in [0.717, 1.165) is 36.0 Å². The van der Waals surface area contributed by atoms with Crippen LogP contribution in [0.15, 0.2) is 57.7 Å². The zero-order chi connectivity index (χ0) is 20.4. The van der Waals surface area contributed by atoms with Crippen LogP contribution in [0.2, 0.25) is 0 Å². The molecule has 3 aromatic rings. The molecule has 1 saturated heterocycles. The lowest BCUT2D eigenvalue weighted by Crippen LogP contribution is -2.46. The molecule has 0 amide bonds. The predicted octanol–water partition coefficient (Wildman–Crippen LogP) is 3.59. The maximum atomic E-state index is 12.0. The summed E-state index contributed by atoms with van der Waals surface area (Å²) >= 11 is 0. The van der Waals surface area contributed by atoms with Crippen molar-refractivity contribution in [2.75, 3.05) is 31.1 Å². The molecule has 0 unspecified atom stereocenters. The molecule has 7 heteroatoms. The van der Waals surface area contributed by atoms with Gasteiger partial charge in [-0.15, -0.1) is 0 Å². The highest BCUT2D eigenvalue weighted by molar-refractivity contribution is 5.80. The maximum absolute atomic E-state index is 12.0. The van der Waals surface area contributed by atoms with Crippen LogP contribution in [0.1, 0.15) is 18.1 Å². The van der Waals surface area contributed by atoms with Crippen LogP contribution in [-0.2, 0) is 13.0 Å². The standard InChI is InChI=1S/C22H23N3O4/c1-2-16-7-8-18-17(14-22(26)29-21(18)13-16)15-23-9-11-24(12-10-23)19-5-3-4-6-20(19)25(27)28/h3-8,13-14H,2,9-12,15H2,1H3. The van der Waals surface area contributed by atoms with Crippen LogP contribution in [0.4, 0.5) is 11.4 Å². The molecule has 0 spiro atoms. The first-order valence-corrected chi connectivity index (χ1v) is 9.81. The maximum Gasteiger partial charge on any atom is 0.336 e. The Bertz CT molecular complexity index is 1100. The Morgan fingerprint density at radius 3 is 2.55 bits per heavy atom. The summed E-state index contributed by atoms with van der Waals surface area (Å²) in [5, 5.41) is 12.3. The number of hydrogen-bond donors (Lipinski definition) is 0. The van der Waals surface area contributed by atoms with Crippen molar-refractivity contribution >= 4 is 22.3 Å². The van der Waals surface area contributed by atoms with Crippen LogP contribution < -0.4 is 10.5 Å². The lowest BCUT2D eigenvalue weighted by molar-refractivity contribution is -0.384. The SMILES string of the molecule is CCc1ccc2c(CN3CCN(c4ccccc4[N+](=O)[O-])CC3)cc(=O)oc2c1. The van der Waals surface area contributed by atoms with E-state index in [0.29, 0.717) is 30.9 Å². The normalized spacial score (nSPS) is 15.0. The predicted molar refractivity (Wildman–Crippen MR) is 112 cm³/mol. The van der Waals surface area contributed by atoms with Crippen molar-refractivity contribution in [2.45, 2.75) is 19.9 Å². The number of aryl methyl sites for hydroxylation is 1. The van der Waals surface area contributed by atoms with Crippen molar-refractivity contribution in [3.05, 3.63) is 80.2 Å². The van der Waals surface area contributed by atoms with Gasteiger partial charge in [0.05, 0.1) is 4.92 Å². The number of fused-ring (bicyclic) bond motifs is 1. The second kappa shape index (κ2) is 8.05. The summed E-state index contributed by atoms with van der Waals surface area (Å²) in [5.41, 5.74) is 3.19. The molecule has 0 bridgehead atoms. The quantitative estimate of drug-likeness (QED) is 0.374. The largest absolute Gasteiger partial charge is 0.423 e. The summed E-state index contributed by atoms with van der Waals surface area (Å²) in [4.78, 5) is 27.3. The monoisotopic (exact) mass is 393 g/mol. The van der Waals surface area contributed by atoms with E-state index < -0.39 is 0 Å². The number of rotatable bonds is 5. The van der Waals surface area contributed by atoms with Gasteiger partial charge in [0, 0.05) is 50.2 Å². The molecule has 1 fully saturated rings. The van der Waals surface area contributed by atoms with Crippen molar-refractivity contribution in [1.29, 1.82) is 0 Å². The molecule has 150 valence electrons. The number of para-hydroxylation sites is 2. The molecule has 0 saturated carbocycles. The molecule has 1 aliphatic heterocycles. The van der Waals surface area contributed by atoms with Crippen molar-refractivity contribution in [3.8, 4) is 0 Å². The molecule has 0 atom stereocenters. The number of nitro benzene ring substituents is 1. The van der Waals surface area contributed by atoms with Gasteiger partial charge in [-0.05, 0) is 29.7 Å². The molecule has 2 heterocycles. The van der Waals surface area contributed by atoms with E-state index in [1.165, 1.54) is 0 Å². The van der Waals surface area contributed by atoms with Gasteiger partial charge in [0.2, 0.25) is 0 Å². The Kier molecular flexibility index (Phi) is 5.31. The van der Waals surface area contributed by atoms with Gasteiger partial charge in [-0.1, -0.05) is 31.2 Å². The van der Waals surface area contributed by atoms with Crippen molar-refractivity contribution in [3.63, 3.8) is 0 Å². The highest BCUT2D eigenvalue weighted by Gasteiger charge is 2.23. The van der Waals surface area contributed by atoms with E-state index in [1.807, 2.05) is 18.2 Å². The Labute approximate surface area is 168 Å².